The summed E-state index contributed by atoms with van der Waals surface area (Å²) < 4.78 is 67.3. The SMILES string of the molecule is CC1C(C)C(C)C(c2ccccc2/C=N/[N-]c2c(F)c(F)c(F)c(F)c2F)C1C.C[N-]C.C[N-]C.[CH3-].[Ti+4]. The Balaban J connectivity index is 0. The molecule has 1 saturated carbocycles. The predicted octanol–water partition coefficient (Wildman–Crippen LogP) is 8.75. The molecular formula is C27H37F5N4Ti. The van der Waals surface area contributed by atoms with E-state index in [4.69, 9.17) is 0 Å². The maximum atomic E-state index is 13.8. The van der Waals surface area contributed by atoms with Crippen LogP contribution in [0.15, 0.2) is 29.4 Å². The Bertz CT molecular complexity index is 945. The van der Waals surface area contributed by atoms with Gasteiger partial charge >= 0.3 is 21.7 Å². The molecule has 1 aliphatic rings. The fourth-order valence-electron chi connectivity index (χ4n) is 4.42. The zero-order valence-electron chi connectivity index (χ0n) is 23.0. The van der Waals surface area contributed by atoms with Gasteiger partial charge in [-0.15, -0.1) is 0 Å². The molecule has 0 saturated heterocycles. The second kappa shape index (κ2) is 17.7. The Morgan fingerprint density at radius 3 is 1.49 bits per heavy atom. The zero-order chi connectivity index (χ0) is 26.9. The van der Waals surface area contributed by atoms with Crippen molar-refractivity contribution in [3.8, 4) is 0 Å². The molecule has 2 aromatic carbocycles. The molecule has 0 aliphatic heterocycles. The van der Waals surface area contributed by atoms with Gasteiger partial charge in [-0.3, -0.25) is 0 Å². The Morgan fingerprint density at radius 1 is 0.676 bits per heavy atom. The van der Waals surface area contributed by atoms with Gasteiger partial charge in [0.2, 0.25) is 0 Å². The Hall–Kier alpha value is -1.81. The van der Waals surface area contributed by atoms with Crippen molar-refractivity contribution in [2.45, 2.75) is 33.6 Å². The molecule has 0 aromatic heterocycles. The van der Waals surface area contributed by atoms with Crippen molar-refractivity contribution in [3.63, 3.8) is 0 Å². The molecule has 0 N–H and O–H groups in total. The predicted molar refractivity (Wildman–Crippen MR) is 140 cm³/mol. The molecule has 4 nitrogen and oxygen atoms in total. The van der Waals surface area contributed by atoms with Crippen LogP contribution in [0.4, 0.5) is 27.6 Å². The average molecular weight is 560 g/mol. The van der Waals surface area contributed by atoms with Crippen molar-refractivity contribution in [2.75, 3.05) is 28.2 Å². The maximum absolute atomic E-state index is 13.8. The summed E-state index contributed by atoms with van der Waals surface area (Å²) in [6.45, 7) is 8.84. The van der Waals surface area contributed by atoms with Gasteiger partial charge in [-0.1, -0.05) is 52.0 Å². The van der Waals surface area contributed by atoms with Gasteiger partial charge in [0, 0.05) is 6.21 Å². The Labute approximate surface area is 233 Å². The van der Waals surface area contributed by atoms with Gasteiger partial charge in [0.05, 0.1) is 0 Å². The van der Waals surface area contributed by atoms with Gasteiger partial charge in [0.15, 0.2) is 29.1 Å². The number of benzene rings is 2. The smallest absolute Gasteiger partial charge is 0.668 e. The van der Waals surface area contributed by atoms with Crippen molar-refractivity contribution >= 4 is 11.9 Å². The van der Waals surface area contributed by atoms with Crippen LogP contribution in [-0.4, -0.2) is 34.4 Å². The first-order chi connectivity index (χ1) is 16.5. The maximum Gasteiger partial charge on any atom is 4.00 e. The molecule has 1 fully saturated rings. The minimum absolute atomic E-state index is 0. The summed E-state index contributed by atoms with van der Waals surface area (Å²) in [5.74, 6) is -8.18. The molecular weight excluding hydrogens is 523 g/mol. The van der Waals surface area contributed by atoms with Crippen LogP contribution in [0.1, 0.15) is 44.7 Å². The molecule has 4 atom stereocenters. The molecule has 204 valence electrons. The van der Waals surface area contributed by atoms with Crippen molar-refractivity contribution in [2.24, 2.45) is 28.8 Å². The number of nitrogens with zero attached hydrogens (tertiary/aromatic N) is 4. The summed E-state index contributed by atoms with van der Waals surface area (Å²) in [5, 5.41) is 10.6. The number of hydrogen-bond donors (Lipinski definition) is 0. The van der Waals surface area contributed by atoms with Gasteiger partial charge in [-0.05, 0) is 46.4 Å². The summed E-state index contributed by atoms with van der Waals surface area (Å²) in [4.78, 5) is 0. The normalized spacial score (nSPS) is 22.1. The van der Waals surface area contributed by atoms with Gasteiger partial charge in [0.25, 0.3) is 0 Å². The van der Waals surface area contributed by atoms with Crippen molar-refractivity contribution in [3.05, 3.63) is 88.0 Å². The van der Waals surface area contributed by atoms with E-state index < -0.39 is 34.8 Å². The first kappa shape index (κ1) is 37.3. The molecule has 0 radical (unpaired) electrons. The molecule has 2 aromatic rings. The summed E-state index contributed by atoms with van der Waals surface area (Å²) >= 11 is 0. The quantitative estimate of drug-likeness (QED) is 0.0683. The second-order valence-corrected chi connectivity index (χ2v) is 8.75. The van der Waals surface area contributed by atoms with E-state index in [0.29, 0.717) is 29.2 Å². The summed E-state index contributed by atoms with van der Waals surface area (Å²) in [7, 11) is 7.00. The molecule has 0 spiro atoms. The molecule has 1 aliphatic carbocycles. The first-order valence-electron chi connectivity index (χ1n) is 11.3. The van der Waals surface area contributed by atoms with E-state index in [9.17, 15) is 22.0 Å². The molecule has 0 amide bonds. The van der Waals surface area contributed by atoms with Gasteiger partial charge in [-0.25, -0.2) is 22.0 Å². The summed E-state index contributed by atoms with van der Waals surface area (Å²) in [6.07, 6.45) is 1.29. The van der Waals surface area contributed by atoms with Crippen molar-refractivity contribution in [1.29, 1.82) is 0 Å². The number of rotatable bonds is 4. The van der Waals surface area contributed by atoms with Crippen LogP contribution in [0.25, 0.3) is 16.1 Å². The largest absolute Gasteiger partial charge is 4.00 e. The van der Waals surface area contributed by atoms with E-state index in [1.165, 1.54) is 6.21 Å². The standard InChI is InChI=1S/C22H22F5N2.2C2H6N.CH3.Ti/c1-10-11(2)13(4)16(12(10)3)15-8-6-5-7-14(15)9-28-29-22-20(26)18(24)17(23)19(25)21(22)27;2*1-3-2;;/h5-13,16H,1-4H3;2*1-2H3;1H3;/q4*-1;+4/b28-9+;;;;. The minimum Gasteiger partial charge on any atom is -0.668 e. The minimum atomic E-state index is -2.22. The molecule has 37 heavy (non-hydrogen) atoms. The molecule has 0 bridgehead atoms. The second-order valence-electron chi connectivity index (χ2n) is 8.75. The van der Waals surface area contributed by atoms with Crippen molar-refractivity contribution in [1.82, 2.24) is 0 Å². The van der Waals surface area contributed by atoms with Crippen LogP contribution < -0.4 is 0 Å². The van der Waals surface area contributed by atoms with Crippen molar-refractivity contribution < 1.29 is 43.7 Å². The third-order valence-corrected chi connectivity index (χ3v) is 6.52. The number of hydrogen-bond acceptors (Lipinski definition) is 1. The van der Waals surface area contributed by atoms with Crippen LogP contribution in [0.2, 0.25) is 0 Å². The third-order valence-electron chi connectivity index (χ3n) is 6.52. The van der Waals surface area contributed by atoms with Gasteiger partial charge in [-0.2, -0.15) is 28.2 Å². The summed E-state index contributed by atoms with van der Waals surface area (Å²) in [5.41, 5.74) is 3.69. The van der Waals surface area contributed by atoms with Crippen LogP contribution >= 0.6 is 0 Å². The monoisotopic (exact) mass is 560 g/mol. The average Bonchev–Trinajstić information content (AvgIpc) is 3.02. The van der Waals surface area contributed by atoms with Crippen LogP contribution in [0.5, 0.6) is 0 Å². The fourth-order valence-corrected chi connectivity index (χ4v) is 4.42. The fraction of sp³-hybridized carbons (Fsp3) is 0.481. The zero-order valence-corrected chi connectivity index (χ0v) is 24.5. The number of halogens is 5. The summed E-state index contributed by atoms with van der Waals surface area (Å²) in [6, 6.07) is 7.46. The van der Waals surface area contributed by atoms with E-state index >= 15 is 0 Å². The van der Waals surface area contributed by atoms with Crippen LogP contribution in [0, 0.1) is 60.2 Å². The van der Waals surface area contributed by atoms with E-state index in [2.05, 4.69) is 48.9 Å². The first-order valence-corrected chi connectivity index (χ1v) is 11.3. The van der Waals surface area contributed by atoms with Crippen LogP contribution in [-0.2, 0) is 21.7 Å². The molecule has 0 heterocycles. The van der Waals surface area contributed by atoms with Gasteiger partial charge < -0.3 is 28.6 Å². The third kappa shape index (κ3) is 8.87. The molecule has 4 unspecified atom stereocenters. The Kier molecular flexibility index (Phi) is 17.8. The van der Waals surface area contributed by atoms with E-state index in [1.54, 1.807) is 40.3 Å². The van der Waals surface area contributed by atoms with E-state index in [0.717, 1.165) is 5.56 Å². The van der Waals surface area contributed by atoms with E-state index in [-0.39, 0.29) is 35.1 Å². The Morgan fingerprint density at radius 2 is 1.05 bits per heavy atom. The topological polar surface area (TPSA) is 54.7 Å². The van der Waals surface area contributed by atoms with E-state index in [1.807, 2.05) is 12.1 Å². The molecule has 3 rings (SSSR count). The molecule has 10 heteroatoms. The van der Waals surface area contributed by atoms with Crippen LogP contribution in [0.3, 0.4) is 0 Å². The van der Waals surface area contributed by atoms with Gasteiger partial charge in [0.1, 0.15) is 0 Å².